The third-order valence-electron chi connectivity index (χ3n) is 3.62. The number of amides is 2. The Morgan fingerprint density at radius 2 is 2.05 bits per heavy atom. The monoisotopic (exact) mass is 292 g/mol. The lowest BCUT2D eigenvalue weighted by Gasteiger charge is -2.26. The van der Waals surface area contributed by atoms with E-state index in [0.29, 0.717) is 18.9 Å². The first-order valence-electron chi connectivity index (χ1n) is 7.23. The quantitative estimate of drug-likeness (QED) is 0.903. The van der Waals surface area contributed by atoms with Crippen LogP contribution in [0.5, 0.6) is 0 Å². The molecule has 2 rings (SSSR count). The van der Waals surface area contributed by atoms with Gasteiger partial charge in [0.05, 0.1) is 6.04 Å². The summed E-state index contributed by atoms with van der Waals surface area (Å²) in [6.45, 7) is 3.62. The maximum atomic E-state index is 12.5. The molecule has 1 aromatic rings. The van der Waals surface area contributed by atoms with E-state index in [0.717, 1.165) is 5.56 Å². The van der Waals surface area contributed by atoms with Gasteiger partial charge in [0.15, 0.2) is 6.67 Å². The van der Waals surface area contributed by atoms with Crippen LogP contribution in [0.4, 0.5) is 4.39 Å². The number of carbonyl (C=O) groups is 2. The first kappa shape index (κ1) is 15.5. The molecule has 4 nitrogen and oxygen atoms in total. The molecule has 1 heterocycles. The Balaban J connectivity index is 2.21. The minimum Gasteiger partial charge on any atom is -0.342 e. The average Bonchev–Trinajstić information content (AvgIpc) is 2.77. The Morgan fingerprint density at radius 3 is 2.62 bits per heavy atom. The largest absolute Gasteiger partial charge is 0.342 e. The number of hydrogen-bond acceptors (Lipinski definition) is 2. The highest BCUT2D eigenvalue weighted by molar-refractivity contribution is 5.90. The van der Waals surface area contributed by atoms with E-state index in [2.05, 4.69) is 5.32 Å². The summed E-state index contributed by atoms with van der Waals surface area (Å²) in [7, 11) is 0. The zero-order valence-electron chi connectivity index (χ0n) is 12.4. The van der Waals surface area contributed by atoms with Gasteiger partial charge in [-0.1, -0.05) is 44.2 Å². The van der Waals surface area contributed by atoms with Crippen LogP contribution in [-0.2, 0) is 9.59 Å². The van der Waals surface area contributed by atoms with Gasteiger partial charge >= 0.3 is 0 Å². The van der Waals surface area contributed by atoms with Gasteiger partial charge in [-0.2, -0.15) is 0 Å². The van der Waals surface area contributed by atoms with Crippen LogP contribution in [0, 0.1) is 5.92 Å². The maximum absolute atomic E-state index is 12.5. The van der Waals surface area contributed by atoms with Crippen LogP contribution >= 0.6 is 0 Å². The Labute approximate surface area is 124 Å². The first-order valence-corrected chi connectivity index (χ1v) is 7.23. The summed E-state index contributed by atoms with van der Waals surface area (Å²) in [5, 5.41) is 2.48. The minimum absolute atomic E-state index is 0.0639. The van der Waals surface area contributed by atoms with Crippen molar-refractivity contribution < 1.29 is 14.0 Å². The van der Waals surface area contributed by atoms with Crippen molar-refractivity contribution in [3.05, 3.63) is 35.9 Å². The summed E-state index contributed by atoms with van der Waals surface area (Å²) < 4.78 is 12.4. The van der Waals surface area contributed by atoms with E-state index < -0.39 is 18.6 Å². The molecule has 2 amide bonds. The summed E-state index contributed by atoms with van der Waals surface area (Å²) in [6, 6.07) is 9.05. The molecule has 1 aliphatic rings. The van der Waals surface area contributed by atoms with Gasteiger partial charge in [-0.15, -0.1) is 0 Å². The van der Waals surface area contributed by atoms with Gasteiger partial charge in [0.25, 0.3) is 5.91 Å². The lowest BCUT2D eigenvalue weighted by atomic mass is 10.0. The molecule has 0 bridgehead atoms. The summed E-state index contributed by atoms with van der Waals surface area (Å²) in [5.41, 5.74) is 1.04. The van der Waals surface area contributed by atoms with Crippen molar-refractivity contribution in [1.82, 2.24) is 10.2 Å². The summed E-state index contributed by atoms with van der Waals surface area (Å²) in [6.07, 6.45) is 0.487. The Morgan fingerprint density at radius 1 is 1.38 bits per heavy atom. The summed E-state index contributed by atoms with van der Waals surface area (Å²) in [4.78, 5) is 25.5. The summed E-state index contributed by atoms with van der Waals surface area (Å²) in [5.74, 6) is -0.526. The fraction of sp³-hybridized carbons (Fsp3) is 0.500. The average molecular weight is 292 g/mol. The van der Waals surface area contributed by atoms with E-state index in [9.17, 15) is 14.0 Å². The van der Waals surface area contributed by atoms with Gasteiger partial charge in [0, 0.05) is 13.0 Å². The number of alkyl halides is 1. The van der Waals surface area contributed by atoms with Crippen LogP contribution in [0.3, 0.4) is 0 Å². The van der Waals surface area contributed by atoms with E-state index in [4.69, 9.17) is 0 Å². The molecular weight excluding hydrogens is 271 g/mol. The Bertz CT molecular complexity index is 504. The lowest BCUT2D eigenvalue weighted by Crippen LogP contribution is -2.42. The van der Waals surface area contributed by atoms with E-state index in [1.165, 1.54) is 0 Å². The molecule has 0 radical (unpaired) electrons. The predicted octanol–water partition coefficient (Wildman–Crippen LogP) is 2.07. The standard InChI is InChI=1S/C16H21FN2O2/c1-11(2)10-19-14(12-6-4-3-5-7-12)8-13(16(19)21)18-15(20)9-17/h3-7,11,13-14H,8-10H2,1-2H3,(H,18,20). The number of nitrogens with one attached hydrogen (secondary N) is 1. The zero-order valence-corrected chi connectivity index (χ0v) is 12.4. The van der Waals surface area contributed by atoms with Crippen LogP contribution in [-0.4, -0.2) is 36.0 Å². The smallest absolute Gasteiger partial charge is 0.252 e. The van der Waals surface area contributed by atoms with Crippen LogP contribution in [0.15, 0.2) is 30.3 Å². The molecule has 0 aliphatic carbocycles. The van der Waals surface area contributed by atoms with Gasteiger partial charge in [-0.25, -0.2) is 4.39 Å². The van der Waals surface area contributed by atoms with E-state index in [-0.39, 0.29) is 11.9 Å². The minimum atomic E-state index is -1.09. The van der Waals surface area contributed by atoms with Crippen molar-refractivity contribution in [2.75, 3.05) is 13.2 Å². The molecule has 1 saturated heterocycles. The van der Waals surface area contributed by atoms with Crippen LogP contribution < -0.4 is 5.32 Å². The zero-order chi connectivity index (χ0) is 15.4. The fourth-order valence-corrected chi connectivity index (χ4v) is 2.76. The first-order chi connectivity index (χ1) is 10.0. The second kappa shape index (κ2) is 6.70. The highest BCUT2D eigenvalue weighted by Crippen LogP contribution is 2.33. The molecule has 1 N–H and O–H groups in total. The normalized spacial score (nSPS) is 21.9. The Kier molecular flexibility index (Phi) is 4.94. The molecule has 21 heavy (non-hydrogen) atoms. The Hall–Kier alpha value is -1.91. The number of benzene rings is 1. The maximum Gasteiger partial charge on any atom is 0.252 e. The third kappa shape index (κ3) is 3.60. The van der Waals surface area contributed by atoms with Crippen LogP contribution in [0.1, 0.15) is 31.9 Å². The molecule has 0 saturated carbocycles. The number of carbonyl (C=O) groups excluding carboxylic acids is 2. The van der Waals surface area contributed by atoms with E-state index in [1.807, 2.05) is 44.2 Å². The van der Waals surface area contributed by atoms with Gasteiger partial charge in [-0.05, 0) is 11.5 Å². The number of likely N-dealkylation sites (tertiary alicyclic amines) is 1. The van der Waals surface area contributed by atoms with Crippen molar-refractivity contribution in [3.8, 4) is 0 Å². The molecule has 1 aromatic carbocycles. The highest BCUT2D eigenvalue weighted by Gasteiger charge is 2.40. The SMILES string of the molecule is CC(C)CN1C(=O)C(NC(=O)CF)CC1c1ccccc1. The second-order valence-corrected chi connectivity index (χ2v) is 5.80. The fourth-order valence-electron chi connectivity index (χ4n) is 2.76. The molecule has 0 aromatic heterocycles. The van der Waals surface area contributed by atoms with E-state index >= 15 is 0 Å². The molecule has 114 valence electrons. The van der Waals surface area contributed by atoms with Crippen molar-refractivity contribution in [2.24, 2.45) is 5.92 Å². The van der Waals surface area contributed by atoms with Crippen molar-refractivity contribution >= 4 is 11.8 Å². The molecule has 0 spiro atoms. The van der Waals surface area contributed by atoms with Crippen molar-refractivity contribution in [2.45, 2.75) is 32.4 Å². The highest BCUT2D eigenvalue weighted by atomic mass is 19.1. The lowest BCUT2D eigenvalue weighted by molar-refractivity contribution is -0.134. The molecule has 1 fully saturated rings. The third-order valence-corrected chi connectivity index (χ3v) is 3.62. The molecule has 1 aliphatic heterocycles. The molecule has 2 atom stereocenters. The van der Waals surface area contributed by atoms with Gasteiger partial charge in [0.1, 0.15) is 6.04 Å². The van der Waals surface area contributed by atoms with Crippen LogP contribution in [0.2, 0.25) is 0 Å². The molecule has 5 heteroatoms. The molecular formula is C16H21FN2O2. The van der Waals surface area contributed by atoms with Gasteiger partial charge in [-0.3, -0.25) is 9.59 Å². The number of halogens is 1. The second-order valence-electron chi connectivity index (χ2n) is 5.80. The topological polar surface area (TPSA) is 49.4 Å². The number of hydrogen-bond donors (Lipinski definition) is 1. The number of nitrogens with zero attached hydrogens (tertiary/aromatic N) is 1. The van der Waals surface area contributed by atoms with E-state index in [1.54, 1.807) is 4.90 Å². The number of rotatable bonds is 5. The van der Waals surface area contributed by atoms with Crippen LogP contribution in [0.25, 0.3) is 0 Å². The van der Waals surface area contributed by atoms with Crippen molar-refractivity contribution in [3.63, 3.8) is 0 Å². The van der Waals surface area contributed by atoms with Gasteiger partial charge < -0.3 is 10.2 Å². The molecule has 2 unspecified atom stereocenters. The van der Waals surface area contributed by atoms with Gasteiger partial charge in [0.2, 0.25) is 5.91 Å². The van der Waals surface area contributed by atoms with Crippen molar-refractivity contribution in [1.29, 1.82) is 0 Å². The predicted molar refractivity (Wildman–Crippen MR) is 78.3 cm³/mol. The summed E-state index contributed by atoms with van der Waals surface area (Å²) >= 11 is 0.